The fourth-order valence-corrected chi connectivity index (χ4v) is 1.66. The second-order valence-electron chi connectivity index (χ2n) is 3.97. The molecule has 0 bridgehead atoms. The highest BCUT2D eigenvalue weighted by molar-refractivity contribution is 5.78. The Balaban J connectivity index is 3.65. The topological polar surface area (TPSA) is 49.3 Å². The Morgan fingerprint density at radius 3 is 2.53 bits per heavy atom. The van der Waals surface area contributed by atoms with E-state index in [0.717, 1.165) is 19.3 Å². The van der Waals surface area contributed by atoms with Crippen molar-refractivity contribution in [2.24, 2.45) is 5.92 Å². The highest BCUT2D eigenvalue weighted by atomic mass is 16.3. The fourth-order valence-electron chi connectivity index (χ4n) is 1.66. The van der Waals surface area contributed by atoms with E-state index in [4.69, 9.17) is 5.11 Å². The Kier molecular flexibility index (Phi) is 9.59. The van der Waals surface area contributed by atoms with Crippen molar-refractivity contribution in [3.63, 3.8) is 0 Å². The molecule has 0 saturated carbocycles. The van der Waals surface area contributed by atoms with Crippen molar-refractivity contribution in [3.05, 3.63) is 0 Å². The van der Waals surface area contributed by atoms with Gasteiger partial charge in [0.2, 0.25) is 5.91 Å². The van der Waals surface area contributed by atoms with Crippen LogP contribution in [0.3, 0.4) is 0 Å². The lowest BCUT2D eigenvalue weighted by molar-refractivity contribution is -0.125. The predicted molar refractivity (Wildman–Crippen MR) is 62.6 cm³/mol. The standard InChI is InChI=1S/C12H25NO2/c1-3-5-6-7-8-11(4-2)12(15)13-9-10-14/h11,14H,3-10H2,1-2H3,(H,13,15). The zero-order chi connectivity index (χ0) is 11.5. The highest BCUT2D eigenvalue weighted by Gasteiger charge is 2.14. The number of carbonyl (C=O) groups excluding carboxylic acids is 1. The van der Waals surface area contributed by atoms with Gasteiger partial charge < -0.3 is 10.4 Å². The van der Waals surface area contributed by atoms with Crippen LogP contribution in [-0.2, 0) is 4.79 Å². The van der Waals surface area contributed by atoms with Gasteiger partial charge in [-0.1, -0.05) is 39.5 Å². The molecule has 15 heavy (non-hydrogen) atoms. The minimum atomic E-state index is 0.0258. The SMILES string of the molecule is CCCCCCC(CC)C(=O)NCCO. The second kappa shape index (κ2) is 9.97. The van der Waals surface area contributed by atoms with Crippen LogP contribution in [0.4, 0.5) is 0 Å². The maximum absolute atomic E-state index is 11.6. The lowest BCUT2D eigenvalue weighted by Gasteiger charge is -2.14. The zero-order valence-corrected chi connectivity index (χ0v) is 10.1. The van der Waals surface area contributed by atoms with Gasteiger partial charge in [0.1, 0.15) is 0 Å². The van der Waals surface area contributed by atoms with E-state index in [1.54, 1.807) is 0 Å². The monoisotopic (exact) mass is 215 g/mol. The largest absolute Gasteiger partial charge is 0.395 e. The van der Waals surface area contributed by atoms with Crippen LogP contribution in [0.2, 0.25) is 0 Å². The van der Waals surface area contributed by atoms with Crippen molar-refractivity contribution in [3.8, 4) is 0 Å². The first-order valence-electron chi connectivity index (χ1n) is 6.14. The average Bonchev–Trinajstić information content (AvgIpc) is 2.26. The fraction of sp³-hybridized carbons (Fsp3) is 0.917. The van der Waals surface area contributed by atoms with Gasteiger partial charge in [-0.05, 0) is 12.8 Å². The molecule has 0 aromatic carbocycles. The normalized spacial score (nSPS) is 12.5. The molecule has 0 rings (SSSR count). The van der Waals surface area contributed by atoms with Crippen molar-refractivity contribution in [1.29, 1.82) is 0 Å². The summed E-state index contributed by atoms with van der Waals surface area (Å²) >= 11 is 0. The number of nitrogens with one attached hydrogen (secondary N) is 1. The minimum Gasteiger partial charge on any atom is -0.395 e. The van der Waals surface area contributed by atoms with E-state index in [0.29, 0.717) is 6.54 Å². The van der Waals surface area contributed by atoms with Gasteiger partial charge in [0.25, 0.3) is 0 Å². The predicted octanol–water partition coefficient (Wildman–Crippen LogP) is 2.09. The maximum Gasteiger partial charge on any atom is 0.223 e. The van der Waals surface area contributed by atoms with Gasteiger partial charge in [0.05, 0.1) is 6.61 Å². The van der Waals surface area contributed by atoms with Crippen molar-refractivity contribution in [1.82, 2.24) is 5.32 Å². The van der Waals surface area contributed by atoms with Gasteiger partial charge in [-0.3, -0.25) is 4.79 Å². The molecule has 0 radical (unpaired) electrons. The van der Waals surface area contributed by atoms with Crippen LogP contribution in [-0.4, -0.2) is 24.2 Å². The van der Waals surface area contributed by atoms with Crippen molar-refractivity contribution in [2.75, 3.05) is 13.2 Å². The van der Waals surface area contributed by atoms with Gasteiger partial charge in [-0.25, -0.2) is 0 Å². The van der Waals surface area contributed by atoms with Gasteiger partial charge in [-0.15, -0.1) is 0 Å². The molecular formula is C12H25NO2. The molecule has 0 aromatic heterocycles. The average molecular weight is 215 g/mol. The number of hydrogen-bond acceptors (Lipinski definition) is 2. The van der Waals surface area contributed by atoms with Crippen LogP contribution in [0.5, 0.6) is 0 Å². The van der Waals surface area contributed by atoms with Crippen molar-refractivity contribution >= 4 is 5.91 Å². The Morgan fingerprint density at radius 1 is 1.27 bits per heavy atom. The van der Waals surface area contributed by atoms with Gasteiger partial charge in [0.15, 0.2) is 0 Å². The molecule has 1 atom stereocenters. The van der Waals surface area contributed by atoms with E-state index in [1.165, 1.54) is 19.3 Å². The molecule has 0 aliphatic carbocycles. The number of unbranched alkanes of at least 4 members (excludes halogenated alkanes) is 3. The molecule has 3 nitrogen and oxygen atoms in total. The maximum atomic E-state index is 11.6. The number of rotatable bonds is 9. The molecule has 3 heteroatoms. The number of carbonyl (C=O) groups is 1. The third-order valence-corrected chi connectivity index (χ3v) is 2.68. The Bertz CT molecular complexity index is 160. The molecule has 0 spiro atoms. The Labute approximate surface area is 93.3 Å². The van der Waals surface area contributed by atoms with E-state index < -0.39 is 0 Å². The highest BCUT2D eigenvalue weighted by Crippen LogP contribution is 2.14. The van der Waals surface area contributed by atoms with Crippen LogP contribution >= 0.6 is 0 Å². The molecule has 0 aromatic rings. The van der Waals surface area contributed by atoms with Crippen LogP contribution in [0, 0.1) is 5.92 Å². The third-order valence-electron chi connectivity index (χ3n) is 2.68. The molecular weight excluding hydrogens is 190 g/mol. The molecule has 0 aliphatic heterocycles. The molecule has 0 heterocycles. The summed E-state index contributed by atoms with van der Waals surface area (Å²) in [4.78, 5) is 11.6. The van der Waals surface area contributed by atoms with Crippen molar-refractivity contribution < 1.29 is 9.90 Å². The number of aliphatic hydroxyl groups is 1. The molecule has 90 valence electrons. The summed E-state index contributed by atoms with van der Waals surface area (Å²) in [6.07, 6.45) is 6.72. The quantitative estimate of drug-likeness (QED) is 0.579. The third kappa shape index (κ3) is 7.37. The van der Waals surface area contributed by atoms with Crippen molar-refractivity contribution in [2.45, 2.75) is 52.4 Å². The van der Waals surface area contributed by atoms with E-state index in [-0.39, 0.29) is 18.4 Å². The van der Waals surface area contributed by atoms with Crippen LogP contribution in [0.15, 0.2) is 0 Å². The van der Waals surface area contributed by atoms with Gasteiger partial charge >= 0.3 is 0 Å². The van der Waals surface area contributed by atoms with Crippen LogP contribution in [0.25, 0.3) is 0 Å². The lowest BCUT2D eigenvalue weighted by Crippen LogP contribution is -2.32. The molecule has 1 unspecified atom stereocenters. The Morgan fingerprint density at radius 2 is 2.00 bits per heavy atom. The summed E-state index contributed by atoms with van der Waals surface area (Å²) in [6, 6.07) is 0. The molecule has 0 saturated heterocycles. The summed E-state index contributed by atoms with van der Waals surface area (Å²) in [6.45, 7) is 4.64. The molecule has 1 amide bonds. The summed E-state index contributed by atoms with van der Waals surface area (Å²) in [7, 11) is 0. The first-order chi connectivity index (χ1) is 7.26. The zero-order valence-electron chi connectivity index (χ0n) is 10.1. The lowest BCUT2D eigenvalue weighted by atomic mass is 9.97. The number of aliphatic hydroxyl groups excluding tert-OH is 1. The Hall–Kier alpha value is -0.570. The van der Waals surface area contributed by atoms with Crippen LogP contribution in [0.1, 0.15) is 52.4 Å². The van der Waals surface area contributed by atoms with Gasteiger partial charge in [-0.2, -0.15) is 0 Å². The molecule has 0 fully saturated rings. The summed E-state index contributed by atoms with van der Waals surface area (Å²) in [5.41, 5.74) is 0. The second-order valence-corrected chi connectivity index (χ2v) is 3.97. The first kappa shape index (κ1) is 14.4. The number of amides is 1. The van der Waals surface area contributed by atoms with E-state index in [1.807, 2.05) is 6.92 Å². The van der Waals surface area contributed by atoms with E-state index in [2.05, 4.69) is 12.2 Å². The van der Waals surface area contributed by atoms with E-state index >= 15 is 0 Å². The summed E-state index contributed by atoms with van der Waals surface area (Å²) in [5, 5.41) is 11.3. The number of hydrogen-bond donors (Lipinski definition) is 2. The minimum absolute atomic E-state index is 0.0258. The molecule has 2 N–H and O–H groups in total. The van der Waals surface area contributed by atoms with Crippen LogP contribution < -0.4 is 5.32 Å². The summed E-state index contributed by atoms with van der Waals surface area (Å²) in [5.74, 6) is 0.233. The first-order valence-corrected chi connectivity index (χ1v) is 6.14. The van der Waals surface area contributed by atoms with E-state index in [9.17, 15) is 4.79 Å². The smallest absolute Gasteiger partial charge is 0.223 e. The molecule has 0 aliphatic rings. The summed E-state index contributed by atoms with van der Waals surface area (Å²) < 4.78 is 0. The van der Waals surface area contributed by atoms with Gasteiger partial charge in [0, 0.05) is 12.5 Å².